The first-order valence-corrected chi connectivity index (χ1v) is 11.6. The molecular weight excluding hydrogens is 418 g/mol. The fourth-order valence-electron chi connectivity index (χ4n) is 5.10. The molecule has 0 amide bonds. The van der Waals surface area contributed by atoms with Crippen molar-refractivity contribution in [3.63, 3.8) is 0 Å². The summed E-state index contributed by atoms with van der Waals surface area (Å²) in [4.78, 5) is 4.94. The maximum absolute atomic E-state index is 4.94. The second kappa shape index (κ2) is 8.41. The van der Waals surface area contributed by atoms with Gasteiger partial charge < -0.3 is 0 Å². The fraction of sp³-hybridized carbons (Fsp3) is 0.207. The summed E-state index contributed by atoms with van der Waals surface area (Å²) in [5.41, 5.74) is 10.1. The molecule has 0 N–H and O–H groups in total. The Kier molecular flexibility index (Phi) is 5.40. The summed E-state index contributed by atoms with van der Waals surface area (Å²) in [7, 11) is 0. The lowest BCUT2D eigenvalue weighted by Gasteiger charge is -2.08. The molecule has 5 nitrogen and oxygen atoms in total. The third-order valence-electron chi connectivity index (χ3n) is 6.31. The molecule has 0 radical (unpaired) electrons. The molecule has 0 bridgehead atoms. The van der Waals surface area contributed by atoms with Crippen LogP contribution in [0.1, 0.15) is 33.4 Å². The molecule has 0 atom stereocenters. The predicted molar refractivity (Wildman–Crippen MR) is 134 cm³/mol. The summed E-state index contributed by atoms with van der Waals surface area (Å²) >= 11 is 0. The van der Waals surface area contributed by atoms with Gasteiger partial charge in [-0.3, -0.25) is 0 Å². The SMILES string of the molecule is Cc1cc(C)c(-n2cc[n+](-c3cccc(-[n+]4ccn(-c5c(C)cc(C)cc5C)c4)n3)c2)c(C)c1. The van der Waals surface area contributed by atoms with E-state index < -0.39 is 0 Å². The number of pyridine rings is 1. The Hall–Kier alpha value is -3.99. The Morgan fingerprint density at radius 3 is 1.35 bits per heavy atom. The van der Waals surface area contributed by atoms with E-state index in [1.165, 1.54) is 44.8 Å². The monoisotopic (exact) mass is 449 g/mol. The van der Waals surface area contributed by atoms with E-state index in [2.05, 4.69) is 128 Å². The number of hydrogen-bond donors (Lipinski definition) is 0. The van der Waals surface area contributed by atoms with Crippen LogP contribution in [0.5, 0.6) is 0 Å². The van der Waals surface area contributed by atoms with Gasteiger partial charge in [-0.2, -0.15) is 0 Å². The lowest BCUT2D eigenvalue weighted by Crippen LogP contribution is -2.34. The van der Waals surface area contributed by atoms with Crippen LogP contribution in [0.3, 0.4) is 0 Å². The van der Waals surface area contributed by atoms with Gasteiger partial charge in [0.05, 0.1) is 12.4 Å². The van der Waals surface area contributed by atoms with Crippen molar-refractivity contribution >= 4 is 0 Å². The van der Waals surface area contributed by atoms with Crippen LogP contribution < -0.4 is 9.13 Å². The van der Waals surface area contributed by atoms with E-state index in [1.54, 1.807) is 0 Å². The van der Waals surface area contributed by atoms with Crippen LogP contribution in [0.25, 0.3) is 23.0 Å². The maximum atomic E-state index is 4.94. The quantitative estimate of drug-likeness (QED) is 0.353. The first-order chi connectivity index (χ1) is 16.3. The first-order valence-electron chi connectivity index (χ1n) is 11.6. The lowest BCUT2D eigenvalue weighted by atomic mass is 10.1. The zero-order chi connectivity index (χ0) is 24.0. The molecule has 0 aliphatic rings. The van der Waals surface area contributed by atoms with Crippen molar-refractivity contribution < 1.29 is 9.13 Å². The molecule has 5 heteroatoms. The highest BCUT2D eigenvalue weighted by Gasteiger charge is 2.17. The van der Waals surface area contributed by atoms with Crippen molar-refractivity contribution in [2.75, 3.05) is 0 Å². The minimum atomic E-state index is 0.876. The molecular formula is C29H31N5+2. The van der Waals surface area contributed by atoms with Gasteiger partial charge in [0.2, 0.25) is 0 Å². The van der Waals surface area contributed by atoms with Crippen molar-refractivity contribution in [2.45, 2.75) is 41.5 Å². The third kappa shape index (κ3) is 3.94. The number of aromatic nitrogens is 5. The van der Waals surface area contributed by atoms with E-state index in [1.807, 2.05) is 12.1 Å². The molecule has 3 heterocycles. The molecule has 0 saturated heterocycles. The van der Waals surface area contributed by atoms with Crippen LogP contribution in [0.2, 0.25) is 0 Å². The van der Waals surface area contributed by atoms with Gasteiger partial charge in [0.15, 0.2) is 12.7 Å². The average molecular weight is 450 g/mol. The molecule has 2 aromatic carbocycles. The summed E-state index contributed by atoms with van der Waals surface area (Å²) in [5, 5.41) is 0. The average Bonchev–Trinajstić information content (AvgIpc) is 3.43. The van der Waals surface area contributed by atoms with Crippen LogP contribution in [-0.2, 0) is 0 Å². The molecule has 0 aliphatic heterocycles. The van der Waals surface area contributed by atoms with Crippen molar-refractivity contribution in [1.82, 2.24) is 14.1 Å². The van der Waals surface area contributed by atoms with Crippen LogP contribution in [-0.4, -0.2) is 14.1 Å². The second-order valence-corrected chi connectivity index (χ2v) is 9.30. The minimum Gasteiger partial charge on any atom is -0.236 e. The fourth-order valence-corrected chi connectivity index (χ4v) is 5.10. The van der Waals surface area contributed by atoms with E-state index in [0.717, 1.165) is 11.6 Å². The smallest absolute Gasteiger partial charge is 0.236 e. The number of aryl methyl sites for hydroxylation is 6. The van der Waals surface area contributed by atoms with Crippen LogP contribution in [0.4, 0.5) is 0 Å². The Labute approximate surface area is 201 Å². The van der Waals surface area contributed by atoms with E-state index in [4.69, 9.17) is 4.98 Å². The zero-order valence-electron chi connectivity index (χ0n) is 20.7. The van der Waals surface area contributed by atoms with Crippen molar-refractivity contribution in [3.8, 4) is 23.0 Å². The molecule has 170 valence electrons. The predicted octanol–water partition coefficient (Wildman–Crippen LogP) is 5.07. The number of hydrogen-bond acceptors (Lipinski definition) is 1. The summed E-state index contributed by atoms with van der Waals surface area (Å²) in [6, 6.07) is 15.0. The lowest BCUT2D eigenvalue weighted by molar-refractivity contribution is -0.610. The molecule has 0 spiro atoms. The summed E-state index contributed by atoms with van der Waals surface area (Å²) in [6.07, 6.45) is 12.5. The Balaban J connectivity index is 1.49. The van der Waals surface area contributed by atoms with Gasteiger partial charge in [-0.25, -0.2) is 18.3 Å². The summed E-state index contributed by atoms with van der Waals surface area (Å²) in [6.45, 7) is 12.9. The largest absolute Gasteiger partial charge is 0.271 e. The van der Waals surface area contributed by atoms with Crippen molar-refractivity contribution in [2.24, 2.45) is 0 Å². The van der Waals surface area contributed by atoms with Gasteiger partial charge in [-0.1, -0.05) is 40.4 Å². The number of benzene rings is 2. The van der Waals surface area contributed by atoms with Crippen molar-refractivity contribution in [1.29, 1.82) is 0 Å². The molecule has 5 aromatic rings. The van der Waals surface area contributed by atoms with Crippen LogP contribution in [0, 0.1) is 41.5 Å². The first kappa shape index (κ1) is 21.8. The molecule has 0 aliphatic carbocycles. The molecule has 3 aromatic heterocycles. The molecule has 0 fully saturated rings. The molecule has 34 heavy (non-hydrogen) atoms. The summed E-state index contributed by atoms with van der Waals surface area (Å²) in [5.74, 6) is 1.75. The summed E-state index contributed by atoms with van der Waals surface area (Å²) < 4.78 is 8.47. The van der Waals surface area contributed by atoms with Crippen molar-refractivity contribution in [3.05, 3.63) is 113 Å². The Morgan fingerprint density at radius 2 is 0.971 bits per heavy atom. The second-order valence-electron chi connectivity index (χ2n) is 9.30. The Morgan fingerprint density at radius 1 is 0.588 bits per heavy atom. The van der Waals surface area contributed by atoms with Crippen LogP contribution >= 0.6 is 0 Å². The van der Waals surface area contributed by atoms with Gasteiger partial charge in [0.25, 0.3) is 11.6 Å². The van der Waals surface area contributed by atoms with Gasteiger partial charge in [0, 0.05) is 12.1 Å². The Bertz CT molecular complexity index is 1360. The van der Waals surface area contributed by atoms with Crippen LogP contribution in [0.15, 0.2) is 79.9 Å². The maximum Gasteiger partial charge on any atom is 0.271 e. The molecule has 0 saturated carbocycles. The normalized spacial score (nSPS) is 11.2. The van der Waals surface area contributed by atoms with Gasteiger partial charge >= 0.3 is 0 Å². The highest BCUT2D eigenvalue weighted by atomic mass is 15.2. The number of nitrogens with zero attached hydrogens (tertiary/aromatic N) is 5. The van der Waals surface area contributed by atoms with Gasteiger partial charge in [-0.05, 0) is 69.9 Å². The van der Waals surface area contributed by atoms with E-state index in [0.29, 0.717) is 0 Å². The number of rotatable bonds is 4. The van der Waals surface area contributed by atoms with Gasteiger partial charge in [0.1, 0.15) is 23.8 Å². The zero-order valence-corrected chi connectivity index (χ0v) is 20.7. The highest BCUT2D eigenvalue weighted by molar-refractivity contribution is 5.50. The standard InChI is InChI=1S/C29H31N5/c1-20-14-22(3)28(23(4)15-20)33-12-10-31(18-33)26-8-7-9-27(30-26)32-11-13-34(19-32)29-24(5)16-21(2)17-25(29)6/h7-19H,1-6H3/q+2. The van der Waals surface area contributed by atoms with E-state index >= 15 is 0 Å². The van der Waals surface area contributed by atoms with E-state index in [-0.39, 0.29) is 0 Å². The minimum absolute atomic E-state index is 0.876. The number of imidazole rings is 2. The van der Waals surface area contributed by atoms with Gasteiger partial charge in [-0.15, -0.1) is 0 Å². The highest BCUT2D eigenvalue weighted by Crippen LogP contribution is 2.21. The van der Waals surface area contributed by atoms with E-state index in [9.17, 15) is 0 Å². The molecule has 5 rings (SSSR count). The molecule has 0 unspecified atom stereocenters. The topological polar surface area (TPSA) is 30.5 Å². The third-order valence-corrected chi connectivity index (χ3v) is 6.31.